The Morgan fingerprint density at radius 2 is 2.15 bits per heavy atom. The van der Waals surface area contributed by atoms with Crippen LogP contribution in [-0.2, 0) is 23.2 Å². The van der Waals surface area contributed by atoms with E-state index in [2.05, 4.69) is 28.3 Å². The largest absolute Gasteiger partial charge is 0.376 e. The average molecular weight is 349 g/mol. The fourth-order valence-electron chi connectivity index (χ4n) is 3.62. The first-order chi connectivity index (χ1) is 12.5. The molecule has 0 amide bonds. The Bertz CT molecular complexity index is 975. The molecule has 3 heterocycles. The number of carbonyl (C=O) groups is 1. The third kappa shape index (κ3) is 2.92. The number of ether oxygens (including phenoxy) is 1. The van der Waals surface area contributed by atoms with Gasteiger partial charge in [-0.3, -0.25) is 14.5 Å². The van der Waals surface area contributed by atoms with Crippen LogP contribution < -0.4 is 0 Å². The number of rotatable bonds is 4. The van der Waals surface area contributed by atoms with E-state index in [1.807, 2.05) is 44.2 Å². The number of benzene rings is 1. The van der Waals surface area contributed by atoms with Crippen molar-refractivity contribution in [3.8, 4) is 11.1 Å². The summed E-state index contributed by atoms with van der Waals surface area (Å²) in [6.07, 6.45) is 6.18. The first kappa shape index (κ1) is 16.9. The molecular weight excluding hydrogens is 326 g/mol. The molecule has 5 heteroatoms. The van der Waals surface area contributed by atoms with E-state index in [-0.39, 0.29) is 17.6 Å². The van der Waals surface area contributed by atoms with Crippen molar-refractivity contribution in [2.75, 3.05) is 6.61 Å². The first-order valence-corrected chi connectivity index (χ1v) is 9.04. The Kier molecular flexibility index (Phi) is 4.32. The minimum Gasteiger partial charge on any atom is -0.376 e. The van der Waals surface area contributed by atoms with Gasteiger partial charge >= 0.3 is 0 Å². The summed E-state index contributed by atoms with van der Waals surface area (Å²) >= 11 is 0. The van der Waals surface area contributed by atoms with Crippen LogP contribution in [0.5, 0.6) is 0 Å². The van der Waals surface area contributed by atoms with E-state index < -0.39 is 0 Å². The standard InChI is InChI=1S/C21H23N3O2/c1-13(2)21(25)7-16-11-26-12-19-17(9-22-10-18(16)19)14-4-5-15-8-23-24(3)20(15)6-14/h4-6,8-10,13,16H,7,11-12H2,1-3H3. The molecular formula is C21H23N3O2. The van der Waals surface area contributed by atoms with Gasteiger partial charge in [0.1, 0.15) is 5.78 Å². The van der Waals surface area contributed by atoms with E-state index in [1.165, 1.54) is 0 Å². The van der Waals surface area contributed by atoms with E-state index in [0.29, 0.717) is 19.6 Å². The summed E-state index contributed by atoms with van der Waals surface area (Å²) in [6.45, 7) is 5.04. The van der Waals surface area contributed by atoms with Crippen LogP contribution in [0.2, 0.25) is 0 Å². The molecule has 0 radical (unpaired) electrons. The highest BCUT2D eigenvalue weighted by Gasteiger charge is 2.26. The van der Waals surface area contributed by atoms with Crippen molar-refractivity contribution in [1.82, 2.24) is 14.8 Å². The normalized spacial score (nSPS) is 16.8. The van der Waals surface area contributed by atoms with Gasteiger partial charge in [0, 0.05) is 48.6 Å². The summed E-state index contributed by atoms with van der Waals surface area (Å²) in [5.41, 5.74) is 5.56. The van der Waals surface area contributed by atoms with Crippen molar-refractivity contribution in [3.63, 3.8) is 0 Å². The van der Waals surface area contributed by atoms with Crippen LogP contribution in [0.1, 0.15) is 37.3 Å². The predicted octanol–water partition coefficient (Wildman–Crippen LogP) is 3.86. The number of hydrogen-bond acceptors (Lipinski definition) is 4. The van der Waals surface area contributed by atoms with Gasteiger partial charge in [-0.1, -0.05) is 26.0 Å². The number of nitrogens with zero attached hydrogens (tertiary/aromatic N) is 3. The van der Waals surface area contributed by atoms with Crippen molar-refractivity contribution in [3.05, 3.63) is 47.9 Å². The van der Waals surface area contributed by atoms with Gasteiger partial charge in [0.25, 0.3) is 0 Å². The molecule has 1 aliphatic heterocycles. The van der Waals surface area contributed by atoms with Crippen LogP contribution in [0.3, 0.4) is 0 Å². The Morgan fingerprint density at radius 1 is 1.31 bits per heavy atom. The number of hydrogen-bond donors (Lipinski definition) is 0. The summed E-state index contributed by atoms with van der Waals surface area (Å²) in [5, 5.41) is 5.43. The molecule has 0 aliphatic carbocycles. The van der Waals surface area contributed by atoms with E-state index in [0.717, 1.165) is 33.2 Å². The highest BCUT2D eigenvalue weighted by molar-refractivity contribution is 5.85. The van der Waals surface area contributed by atoms with Gasteiger partial charge in [-0.2, -0.15) is 5.10 Å². The number of aromatic nitrogens is 3. The lowest BCUT2D eigenvalue weighted by atomic mass is 9.85. The number of aryl methyl sites for hydroxylation is 1. The van der Waals surface area contributed by atoms with Crippen molar-refractivity contribution < 1.29 is 9.53 Å². The molecule has 3 aromatic rings. The van der Waals surface area contributed by atoms with E-state index >= 15 is 0 Å². The number of ketones is 1. The van der Waals surface area contributed by atoms with Crippen LogP contribution >= 0.6 is 0 Å². The van der Waals surface area contributed by atoms with Crippen LogP contribution in [0.25, 0.3) is 22.0 Å². The number of carbonyl (C=O) groups excluding carboxylic acids is 1. The lowest BCUT2D eigenvalue weighted by molar-refractivity contribution is -0.122. The SMILES string of the molecule is CC(C)C(=O)CC1COCc2c(-c3ccc4cnn(C)c4c3)cncc21. The topological polar surface area (TPSA) is 57.0 Å². The van der Waals surface area contributed by atoms with Crippen LogP contribution in [0, 0.1) is 5.92 Å². The molecule has 0 bridgehead atoms. The molecule has 26 heavy (non-hydrogen) atoms. The zero-order valence-electron chi connectivity index (χ0n) is 15.4. The summed E-state index contributed by atoms with van der Waals surface area (Å²) in [7, 11) is 1.95. The quantitative estimate of drug-likeness (QED) is 0.717. The van der Waals surface area contributed by atoms with E-state index in [9.17, 15) is 4.79 Å². The fourth-order valence-corrected chi connectivity index (χ4v) is 3.62. The van der Waals surface area contributed by atoms with Gasteiger partial charge in [0.05, 0.1) is 24.9 Å². The zero-order valence-corrected chi connectivity index (χ0v) is 15.4. The van der Waals surface area contributed by atoms with Crippen molar-refractivity contribution in [2.45, 2.75) is 32.8 Å². The molecule has 0 saturated heterocycles. The maximum Gasteiger partial charge on any atom is 0.136 e. The Hall–Kier alpha value is -2.53. The highest BCUT2D eigenvalue weighted by atomic mass is 16.5. The second-order valence-electron chi connectivity index (χ2n) is 7.33. The van der Waals surface area contributed by atoms with E-state index in [1.54, 1.807) is 0 Å². The molecule has 2 aromatic heterocycles. The molecule has 1 aliphatic rings. The summed E-state index contributed by atoms with van der Waals surface area (Å²) in [6, 6.07) is 6.33. The smallest absolute Gasteiger partial charge is 0.136 e. The lowest BCUT2D eigenvalue weighted by Crippen LogP contribution is -2.22. The first-order valence-electron chi connectivity index (χ1n) is 9.04. The summed E-state index contributed by atoms with van der Waals surface area (Å²) < 4.78 is 7.73. The van der Waals surface area contributed by atoms with Gasteiger partial charge in [-0.05, 0) is 22.8 Å². The van der Waals surface area contributed by atoms with Gasteiger partial charge < -0.3 is 4.74 Å². The third-order valence-corrected chi connectivity index (χ3v) is 5.25. The van der Waals surface area contributed by atoms with Crippen molar-refractivity contribution in [2.24, 2.45) is 13.0 Å². The number of pyridine rings is 1. The fraction of sp³-hybridized carbons (Fsp3) is 0.381. The Labute approximate surface area is 153 Å². The molecule has 0 saturated carbocycles. The third-order valence-electron chi connectivity index (χ3n) is 5.25. The molecule has 0 N–H and O–H groups in total. The lowest BCUT2D eigenvalue weighted by Gasteiger charge is -2.27. The second-order valence-corrected chi connectivity index (χ2v) is 7.33. The number of fused-ring (bicyclic) bond motifs is 2. The predicted molar refractivity (Wildman–Crippen MR) is 101 cm³/mol. The zero-order chi connectivity index (χ0) is 18.3. The Morgan fingerprint density at radius 3 is 2.96 bits per heavy atom. The number of Topliss-reactive ketones (excluding diaryl/α,β-unsaturated/α-hetero) is 1. The molecule has 1 unspecified atom stereocenters. The highest BCUT2D eigenvalue weighted by Crippen LogP contribution is 2.36. The van der Waals surface area contributed by atoms with E-state index in [4.69, 9.17) is 4.74 Å². The molecule has 134 valence electrons. The summed E-state index contributed by atoms with van der Waals surface area (Å²) in [4.78, 5) is 16.7. The second kappa shape index (κ2) is 6.65. The van der Waals surface area contributed by atoms with Gasteiger partial charge in [0.15, 0.2) is 0 Å². The minimum atomic E-state index is 0.0452. The molecule has 5 nitrogen and oxygen atoms in total. The molecule has 0 spiro atoms. The van der Waals surface area contributed by atoms with Gasteiger partial charge in [0.2, 0.25) is 0 Å². The average Bonchev–Trinajstić information content (AvgIpc) is 3.02. The van der Waals surface area contributed by atoms with Crippen LogP contribution in [0.15, 0.2) is 36.8 Å². The van der Waals surface area contributed by atoms with Crippen molar-refractivity contribution >= 4 is 16.7 Å². The summed E-state index contributed by atoms with van der Waals surface area (Å²) in [5.74, 6) is 0.401. The van der Waals surface area contributed by atoms with Gasteiger partial charge in [-0.15, -0.1) is 0 Å². The molecule has 4 rings (SSSR count). The monoisotopic (exact) mass is 349 g/mol. The minimum absolute atomic E-state index is 0.0452. The van der Waals surface area contributed by atoms with Crippen LogP contribution in [0.4, 0.5) is 0 Å². The van der Waals surface area contributed by atoms with Gasteiger partial charge in [-0.25, -0.2) is 0 Å². The maximum absolute atomic E-state index is 12.2. The van der Waals surface area contributed by atoms with Crippen LogP contribution in [-0.4, -0.2) is 27.2 Å². The molecule has 1 aromatic carbocycles. The molecule has 1 atom stereocenters. The maximum atomic E-state index is 12.2. The molecule has 0 fully saturated rings. The van der Waals surface area contributed by atoms with Crippen molar-refractivity contribution in [1.29, 1.82) is 0 Å². The Balaban J connectivity index is 1.76.